The van der Waals surface area contributed by atoms with Gasteiger partial charge in [-0.1, -0.05) is 0 Å². The van der Waals surface area contributed by atoms with E-state index in [1.54, 1.807) is 12.1 Å². The molecule has 1 amide bonds. The second-order valence-electron chi connectivity index (χ2n) is 5.06. The van der Waals surface area contributed by atoms with Gasteiger partial charge in [0.15, 0.2) is 11.5 Å². The van der Waals surface area contributed by atoms with E-state index in [2.05, 4.69) is 21.2 Å². The monoisotopic (exact) mass is 435 g/mol. The highest BCUT2D eigenvalue weighted by Crippen LogP contribution is 2.39. The summed E-state index contributed by atoms with van der Waals surface area (Å²) in [6.45, 7) is 0.586. The first-order chi connectivity index (χ1) is 12.5. The van der Waals surface area contributed by atoms with Crippen molar-refractivity contribution in [2.24, 2.45) is 0 Å². The summed E-state index contributed by atoms with van der Waals surface area (Å²) in [5.74, 6) is -0.223. The number of nitrogens with zero attached hydrogens (tertiary/aromatic N) is 2. The third kappa shape index (κ3) is 3.84. The summed E-state index contributed by atoms with van der Waals surface area (Å²) in [6.07, 6.45) is 1.41. The maximum atomic E-state index is 12.4. The van der Waals surface area contributed by atoms with Crippen LogP contribution in [0, 0.1) is 21.4 Å². The van der Waals surface area contributed by atoms with Gasteiger partial charge in [-0.2, -0.15) is 5.26 Å². The number of ether oxygens (including phenoxy) is 2. The Balaban J connectivity index is 1.91. The SMILES string of the molecule is N#C/C(=C\c1cc(Br)cs1)C(=O)Nc1cc2c(cc1[N+](=O)[O-])OCCO2. The molecule has 10 heteroatoms. The van der Waals surface area contributed by atoms with Crippen LogP contribution in [0.25, 0.3) is 6.08 Å². The van der Waals surface area contributed by atoms with E-state index in [9.17, 15) is 20.2 Å². The number of anilines is 1. The van der Waals surface area contributed by atoms with Gasteiger partial charge >= 0.3 is 0 Å². The lowest BCUT2D eigenvalue weighted by atomic mass is 10.2. The molecule has 8 nitrogen and oxygen atoms in total. The van der Waals surface area contributed by atoms with Gasteiger partial charge in [-0.25, -0.2) is 0 Å². The number of nitro groups is 1. The lowest BCUT2D eigenvalue weighted by Gasteiger charge is -2.19. The van der Waals surface area contributed by atoms with Crippen molar-refractivity contribution in [2.45, 2.75) is 0 Å². The maximum absolute atomic E-state index is 12.4. The van der Waals surface area contributed by atoms with Gasteiger partial charge in [0.05, 0.1) is 11.0 Å². The molecule has 0 unspecified atom stereocenters. The molecule has 1 aliphatic rings. The zero-order valence-corrected chi connectivity index (χ0v) is 15.4. The van der Waals surface area contributed by atoms with Crippen LogP contribution in [-0.4, -0.2) is 24.0 Å². The number of nitriles is 1. The Hall–Kier alpha value is -2.90. The third-order valence-corrected chi connectivity index (χ3v) is 4.99. The van der Waals surface area contributed by atoms with E-state index in [0.29, 0.717) is 17.2 Å². The van der Waals surface area contributed by atoms with Crippen LogP contribution < -0.4 is 14.8 Å². The Kier molecular flexibility index (Phi) is 5.20. The summed E-state index contributed by atoms with van der Waals surface area (Å²) in [5, 5.41) is 24.8. The Morgan fingerprint density at radius 2 is 2.04 bits per heavy atom. The van der Waals surface area contributed by atoms with Crippen LogP contribution in [0.5, 0.6) is 11.5 Å². The summed E-state index contributed by atoms with van der Waals surface area (Å²) in [6, 6.07) is 6.07. The highest BCUT2D eigenvalue weighted by atomic mass is 79.9. The zero-order chi connectivity index (χ0) is 18.7. The molecule has 0 aliphatic carbocycles. The standard InChI is InChI=1S/C16H10BrN3O5S/c17-10-4-11(26-8-10)3-9(7-18)16(21)19-12-5-14-15(25-2-1-24-14)6-13(12)20(22)23/h3-6,8H,1-2H2,(H,19,21)/b9-3+. The number of hydrogen-bond donors (Lipinski definition) is 1. The summed E-state index contributed by atoms with van der Waals surface area (Å²) in [7, 11) is 0. The van der Waals surface area contributed by atoms with Crippen molar-refractivity contribution in [1.29, 1.82) is 5.26 Å². The van der Waals surface area contributed by atoms with Crippen molar-refractivity contribution in [3.63, 3.8) is 0 Å². The van der Waals surface area contributed by atoms with E-state index < -0.39 is 10.8 Å². The third-order valence-electron chi connectivity index (χ3n) is 3.34. The van der Waals surface area contributed by atoms with Gasteiger partial charge in [0.1, 0.15) is 30.5 Å². The quantitative estimate of drug-likeness (QED) is 0.338. The molecule has 0 saturated carbocycles. The average molecular weight is 436 g/mol. The number of hydrogen-bond acceptors (Lipinski definition) is 7. The maximum Gasteiger partial charge on any atom is 0.296 e. The van der Waals surface area contributed by atoms with Crippen LogP contribution in [-0.2, 0) is 4.79 Å². The second kappa shape index (κ2) is 7.55. The minimum absolute atomic E-state index is 0.0715. The lowest BCUT2D eigenvalue weighted by molar-refractivity contribution is -0.384. The van der Waals surface area contributed by atoms with Crippen LogP contribution in [0.15, 0.2) is 33.6 Å². The number of rotatable bonds is 4. The Labute approximate surface area is 159 Å². The molecule has 0 bridgehead atoms. The molecule has 0 saturated heterocycles. The lowest BCUT2D eigenvalue weighted by Crippen LogP contribution is -2.18. The molecule has 26 heavy (non-hydrogen) atoms. The Morgan fingerprint density at radius 1 is 1.35 bits per heavy atom. The predicted molar refractivity (Wildman–Crippen MR) is 98.3 cm³/mol. The van der Waals surface area contributed by atoms with E-state index in [-0.39, 0.29) is 29.3 Å². The van der Waals surface area contributed by atoms with Crippen LogP contribution in [0.2, 0.25) is 0 Å². The summed E-state index contributed by atoms with van der Waals surface area (Å²) >= 11 is 4.64. The fourth-order valence-electron chi connectivity index (χ4n) is 2.21. The van der Waals surface area contributed by atoms with Gasteiger partial charge in [-0.15, -0.1) is 11.3 Å². The van der Waals surface area contributed by atoms with Crippen LogP contribution in [0.4, 0.5) is 11.4 Å². The first-order valence-electron chi connectivity index (χ1n) is 7.23. The van der Waals surface area contributed by atoms with Crippen molar-refractivity contribution in [1.82, 2.24) is 0 Å². The summed E-state index contributed by atoms with van der Waals surface area (Å²) in [4.78, 5) is 23.7. The Morgan fingerprint density at radius 3 is 2.62 bits per heavy atom. The zero-order valence-electron chi connectivity index (χ0n) is 13.0. The highest BCUT2D eigenvalue weighted by Gasteiger charge is 2.24. The van der Waals surface area contributed by atoms with Crippen LogP contribution in [0.3, 0.4) is 0 Å². The van der Waals surface area contributed by atoms with Gasteiger partial charge in [0.25, 0.3) is 11.6 Å². The second-order valence-corrected chi connectivity index (χ2v) is 6.92. The predicted octanol–water partition coefficient (Wildman–Crippen LogP) is 3.74. The minimum atomic E-state index is -0.753. The molecule has 0 atom stereocenters. The fourth-order valence-corrected chi connectivity index (χ4v) is 3.59. The van der Waals surface area contributed by atoms with Gasteiger partial charge in [-0.3, -0.25) is 14.9 Å². The molecule has 1 aromatic heterocycles. The number of nitrogens with one attached hydrogen (secondary N) is 1. The van der Waals surface area contributed by atoms with Gasteiger partial charge < -0.3 is 14.8 Å². The van der Waals surface area contributed by atoms with E-state index >= 15 is 0 Å². The van der Waals surface area contributed by atoms with Gasteiger partial charge in [0, 0.05) is 20.8 Å². The number of amides is 1. The average Bonchev–Trinajstić information content (AvgIpc) is 3.03. The first-order valence-corrected chi connectivity index (χ1v) is 8.90. The summed E-state index contributed by atoms with van der Waals surface area (Å²) in [5.41, 5.74) is -0.597. The smallest absolute Gasteiger partial charge is 0.296 e. The van der Waals surface area contributed by atoms with Crippen molar-refractivity contribution in [2.75, 3.05) is 18.5 Å². The number of nitro benzene ring substituents is 1. The van der Waals surface area contributed by atoms with Crippen LogP contribution >= 0.6 is 27.3 Å². The number of thiophene rings is 1. The number of fused-ring (bicyclic) bond motifs is 1. The molecular weight excluding hydrogens is 426 g/mol. The topological polar surface area (TPSA) is 114 Å². The molecule has 1 aliphatic heterocycles. The first kappa shape index (κ1) is 17.9. The van der Waals surface area contributed by atoms with Gasteiger partial charge in [-0.05, 0) is 28.1 Å². The van der Waals surface area contributed by atoms with Crippen molar-refractivity contribution in [3.05, 3.63) is 48.6 Å². The van der Waals surface area contributed by atoms with Crippen LogP contribution in [0.1, 0.15) is 4.88 Å². The molecule has 0 fully saturated rings. The molecule has 0 spiro atoms. The van der Waals surface area contributed by atoms with Crippen molar-refractivity contribution >= 4 is 50.6 Å². The molecule has 2 heterocycles. The van der Waals surface area contributed by atoms with Crippen molar-refractivity contribution in [3.8, 4) is 17.6 Å². The molecule has 1 N–H and O–H groups in total. The van der Waals surface area contributed by atoms with Crippen molar-refractivity contribution < 1.29 is 19.2 Å². The Bertz CT molecular complexity index is 963. The molecular formula is C16H10BrN3O5S. The normalized spacial score (nSPS) is 13.0. The van der Waals surface area contributed by atoms with E-state index in [0.717, 1.165) is 4.47 Å². The molecule has 0 radical (unpaired) electrons. The number of carbonyl (C=O) groups is 1. The fraction of sp³-hybridized carbons (Fsp3) is 0.125. The minimum Gasteiger partial charge on any atom is -0.486 e. The van der Waals surface area contributed by atoms with E-state index in [1.807, 2.05) is 5.38 Å². The molecule has 2 aromatic rings. The number of halogens is 1. The van der Waals surface area contributed by atoms with Gasteiger partial charge in [0.2, 0.25) is 0 Å². The van der Waals surface area contributed by atoms with E-state index in [4.69, 9.17) is 9.47 Å². The van der Waals surface area contributed by atoms with E-state index in [1.165, 1.54) is 29.5 Å². The number of carbonyl (C=O) groups excluding carboxylic acids is 1. The molecule has 1 aromatic carbocycles. The highest BCUT2D eigenvalue weighted by molar-refractivity contribution is 9.10. The largest absolute Gasteiger partial charge is 0.486 e. The molecule has 132 valence electrons. The summed E-state index contributed by atoms with van der Waals surface area (Å²) < 4.78 is 11.5. The molecule has 3 rings (SSSR count). The number of benzene rings is 1.